The molecule has 0 spiro atoms. The molecule has 0 atom stereocenters. The zero-order valence-corrected chi connectivity index (χ0v) is 10.6. The molecule has 0 aromatic carbocycles. The molecule has 2 aliphatic rings. The molecule has 1 aliphatic heterocycles. The predicted molar refractivity (Wildman–Crippen MR) is 68.7 cm³/mol. The van der Waals surface area contributed by atoms with Crippen LogP contribution < -0.4 is 16.4 Å². The molecule has 3 rings (SSSR count). The summed E-state index contributed by atoms with van der Waals surface area (Å²) in [5.74, 6) is 0.813. The van der Waals surface area contributed by atoms with Crippen molar-refractivity contribution in [2.45, 2.75) is 18.8 Å². The fourth-order valence-electron chi connectivity index (χ4n) is 2.17. The van der Waals surface area contributed by atoms with Crippen molar-refractivity contribution < 1.29 is 4.79 Å². The van der Waals surface area contributed by atoms with Gasteiger partial charge < -0.3 is 9.88 Å². The molecule has 0 unspecified atom stereocenters. The van der Waals surface area contributed by atoms with Gasteiger partial charge in [-0.3, -0.25) is 20.4 Å². The maximum atomic E-state index is 12.4. The topological polar surface area (TPSA) is 90.1 Å². The van der Waals surface area contributed by atoms with Crippen molar-refractivity contribution >= 4 is 5.91 Å². The highest BCUT2D eigenvalue weighted by Crippen LogP contribution is 2.37. The van der Waals surface area contributed by atoms with Crippen LogP contribution in [0, 0.1) is 0 Å². The molecule has 0 radical (unpaired) electrons. The van der Waals surface area contributed by atoms with E-state index in [4.69, 9.17) is 0 Å². The number of carbonyl (C=O) groups is 1. The summed E-state index contributed by atoms with van der Waals surface area (Å²) in [5.41, 5.74) is 6.02. The van der Waals surface area contributed by atoms with Crippen LogP contribution in [0.3, 0.4) is 0 Å². The summed E-state index contributed by atoms with van der Waals surface area (Å²) < 4.78 is 0. The number of aromatic nitrogens is 2. The van der Waals surface area contributed by atoms with E-state index in [1.54, 1.807) is 4.90 Å². The number of rotatable bonds is 2. The van der Waals surface area contributed by atoms with E-state index in [9.17, 15) is 9.59 Å². The average molecular weight is 263 g/mol. The Morgan fingerprint density at radius 1 is 1.26 bits per heavy atom. The van der Waals surface area contributed by atoms with E-state index in [1.165, 1.54) is 6.07 Å². The van der Waals surface area contributed by atoms with Gasteiger partial charge in [0.2, 0.25) is 0 Å². The minimum Gasteiger partial charge on any atom is -0.335 e. The first-order chi connectivity index (χ1) is 9.24. The normalized spacial score (nSPS) is 20.1. The lowest BCUT2D eigenvalue weighted by Gasteiger charge is -2.19. The SMILES string of the molecule is O=C(c1cc(=O)[nH]c(C2CC2)n1)N1CCNNCC1. The Hall–Kier alpha value is -1.73. The number of aromatic amines is 1. The molecular weight excluding hydrogens is 246 g/mol. The first-order valence-electron chi connectivity index (χ1n) is 6.60. The van der Waals surface area contributed by atoms with E-state index >= 15 is 0 Å². The van der Waals surface area contributed by atoms with Gasteiger partial charge in [-0.1, -0.05) is 0 Å². The van der Waals surface area contributed by atoms with E-state index in [0.29, 0.717) is 37.9 Å². The van der Waals surface area contributed by atoms with Crippen molar-refractivity contribution in [3.05, 3.63) is 27.9 Å². The standard InChI is InChI=1S/C12H17N5O2/c18-10-7-9(15-11(16-10)8-1-2-8)12(19)17-5-3-13-14-4-6-17/h7-8,13-14H,1-6H2,(H,15,16,18). The third-order valence-corrected chi connectivity index (χ3v) is 3.37. The van der Waals surface area contributed by atoms with Gasteiger partial charge in [0, 0.05) is 38.2 Å². The fourth-order valence-corrected chi connectivity index (χ4v) is 2.17. The van der Waals surface area contributed by atoms with Crippen LogP contribution in [0.5, 0.6) is 0 Å². The van der Waals surface area contributed by atoms with Crippen molar-refractivity contribution in [2.75, 3.05) is 26.2 Å². The average Bonchev–Trinajstić information content (AvgIpc) is 3.23. The predicted octanol–water partition coefficient (Wildman–Crippen LogP) is -0.803. The molecule has 0 bridgehead atoms. The number of nitrogens with one attached hydrogen (secondary N) is 3. The van der Waals surface area contributed by atoms with Crippen molar-refractivity contribution in [2.24, 2.45) is 0 Å². The van der Waals surface area contributed by atoms with Gasteiger partial charge in [-0.2, -0.15) is 0 Å². The molecule has 2 fully saturated rings. The van der Waals surface area contributed by atoms with Gasteiger partial charge in [0.05, 0.1) is 0 Å². The lowest BCUT2D eigenvalue weighted by Crippen LogP contribution is -2.36. The van der Waals surface area contributed by atoms with E-state index in [-0.39, 0.29) is 17.2 Å². The maximum Gasteiger partial charge on any atom is 0.272 e. The molecule has 19 heavy (non-hydrogen) atoms. The molecule has 1 aromatic heterocycles. The summed E-state index contributed by atoms with van der Waals surface area (Å²) in [6.07, 6.45) is 2.08. The number of hydrogen-bond acceptors (Lipinski definition) is 5. The van der Waals surface area contributed by atoms with Gasteiger partial charge in [-0.15, -0.1) is 0 Å². The summed E-state index contributed by atoms with van der Waals surface area (Å²) in [6, 6.07) is 1.29. The molecule has 1 saturated carbocycles. The summed E-state index contributed by atoms with van der Waals surface area (Å²) in [6.45, 7) is 2.59. The molecule has 1 amide bonds. The van der Waals surface area contributed by atoms with Crippen molar-refractivity contribution in [3.8, 4) is 0 Å². The highest BCUT2D eigenvalue weighted by molar-refractivity contribution is 5.92. The molecule has 3 N–H and O–H groups in total. The number of carbonyl (C=O) groups excluding carboxylic acids is 1. The van der Waals surface area contributed by atoms with Crippen molar-refractivity contribution in [1.29, 1.82) is 0 Å². The molecule has 1 aromatic rings. The molecule has 1 saturated heterocycles. The Morgan fingerprint density at radius 3 is 2.58 bits per heavy atom. The monoisotopic (exact) mass is 263 g/mol. The summed E-state index contributed by atoms with van der Waals surface area (Å²) >= 11 is 0. The zero-order chi connectivity index (χ0) is 13.2. The second-order valence-corrected chi connectivity index (χ2v) is 4.94. The number of amides is 1. The van der Waals surface area contributed by atoms with Gasteiger partial charge in [0.15, 0.2) is 0 Å². The van der Waals surface area contributed by atoms with Gasteiger partial charge in [-0.25, -0.2) is 4.98 Å². The van der Waals surface area contributed by atoms with Crippen LogP contribution in [0.15, 0.2) is 10.9 Å². The molecule has 7 heteroatoms. The Labute approximate surface area is 110 Å². The Bertz CT molecular complexity index is 529. The minimum atomic E-state index is -0.244. The van der Waals surface area contributed by atoms with Gasteiger partial charge in [0.25, 0.3) is 11.5 Å². The largest absolute Gasteiger partial charge is 0.335 e. The second kappa shape index (κ2) is 5.10. The van der Waals surface area contributed by atoms with E-state index in [1.807, 2.05) is 0 Å². The second-order valence-electron chi connectivity index (χ2n) is 4.94. The first kappa shape index (κ1) is 12.3. The Balaban J connectivity index is 1.83. The third-order valence-electron chi connectivity index (χ3n) is 3.37. The Kier molecular flexibility index (Phi) is 3.31. The quantitative estimate of drug-likeness (QED) is 0.650. The van der Waals surface area contributed by atoms with Crippen molar-refractivity contribution in [3.63, 3.8) is 0 Å². The lowest BCUT2D eigenvalue weighted by atomic mass is 10.3. The summed E-state index contributed by atoms with van der Waals surface area (Å²) in [4.78, 5) is 32.7. The van der Waals surface area contributed by atoms with Gasteiger partial charge in [-0.05, 0) is 12.8 Å². The Morgan fingerprint density at radius 2 is 1.95 bits per heavy atom. The zero-order valence-electron chi connectivity index (χ0n) is 10.6. The highest BCUT2D eigenvalue weighted by Gasteiger charge is 2.28. The number of H-pyrrole nitrogens is 1. The number of hydrogen-bond donors (Lipinski definition) is 3. The van der Waals surface area contributed by atoms with Crippen LogP contribution >= 0.6 is 0 Å². The first-order valence-corrected chi connectivity index (χ1v) is 6.60. The third kappa shape index (κ3) is 2.82. The van der Waals surface area contributed by atoms with E-state index in [2.05, 4.69) is 20.8 Å². The number of nitrogens with zero attached hydrogens (tertiary/aromatic N) is 2. The molecule has 7 nitrogen and oxygen atoms in total. The van der Waals surface area contributed by atoms with Crippen LogP contribution in [-0.4, -0.2) is 47.0 Å². The van der Waals surface area contributed by atoms with Gasteiger partial charge >= 0.3 is 0 Å². The van der Waals surface area contributed by atoms with Gasteiger partial charge in [0.1, 0.15) is 11.5 Å². The number of hydrazine groups is 1. The maximum absolute atomic E-state index is 12.4. The summed E-state index contributed by atoms with van der Waals surface area (Å²) in [7, 11) is 0. The molecule has 102 valence electrons. The van der Waals surface area contributed by atoms with Crippen LogP contribution in [-0.2, 0) is 0 Å². The van der Waals surface area contributed by atoms with Crippen LogP contribution in [0.1, 0.15) is 35.1 Å². The molecule has 2 heterocycles. The van der Waals surface area contributed by atoms with E-state index in [0.717, 1.165) is 12.8 Å². The highest BCUT2D eigenvalue weighted by atomic mass is 16.2. The molecule has 1 aliphatic carbocycles. The van der Waals surface area contributed by atoms with Crippen molar-refractivity contribution in [1.82, 2.24) is 25.7 Å². The minimum absolute atomic E-state index is 0.168. The molecular formula is C12H17N5O2. The smallest absolute Gasteiger partial charge is 0.272 e. The van der Waals surface area contributed by atoms with Crippen LogP contribution in [0.25, 0.3) is 0 Å². The van der Waals surface area contributed by atoms with Crippen LogP contribution in [0.4, 0.5) is 0 Å². The summed E-state index contributed by atoms with van der Waals surface area (Å²) in [5, 5.41) is 0. The van der Waals surface area contributed by atoms with E-state index < -0.39 is 0 Å². The lowest BCUT2D eigenvalue weighted by molar-refractivity contribution is 0.0763. The van der Waals surface area contributed by atoms with Crippen LogP contribution in [0.2, 0.25) is 0 Å². The fraction of sp³-hybridized carbons (Fsp3) is 0.583.